The molecule has 1 aromatic rings. The zero-order valence-electron chi connectivity index (χ0n) is 9.71. The van der Waals surface area contributed by atoms with Gasteiger partial charge in [-0.1, -0.05) is 0 Å². The van der Waals surface area contributed by atoms with Crippen molar-refractivity contribution in [2.24, 2.45) is 0 Å². The van der Waals surface area contributed by atoms with E-state index in [0.717, 1.165) is 6.07 Å². The van der Waals surface area contributed by atoms with E-state index in [4.69, 9.17) is 5.73 Å². The second-order valence-corrected chi connectivity index (χ2v) is 6.31. The van der Waals surface area contributed by atoms with Gasteiger partial charge in [-0.3, -0.25) is 0 Å². The fourth-order valence-corrected chi connectivity index (χ4v) is 2.72. The number of benzene rings is 1. The number of nitrogens with two attached hydrogens (primary N) is 1. The van der Waals surface area contributed by atoms with Gasteiger partial charge in [-0.25, -0.2) is 21.9 Å². The molecule has 0 aliphatic heterocycles. The van der Waals surface area contributed by atoms with Crippen LogP contribution in [-0.4, -0.2) is 14.0 Å². The van der Waals surface area contributed by atoms with Gasteiger partial charge in [-0.15, -0.1) is 0 Å². The van der Waals surface area contributed by atoms with E-state index in [1.165, 1.54) is 0 Å². The summed E-state index contributed by atoms with van der Waals surface area (Å²) >= 11 is 0. The summed E-state index contributed by atoms with van der Waals surface area (Å²) in [6, 6.07) is 1.21. The van der Waals surface area contributed by atoms with Gasteiger partial charge in [0.25, 0.3) is 0 Å². The van der Waals surface area contributed by atoms with Gasteiger partial charge in [0, 0.05) is 11.6 Å². The third-order valence-corrected chi connectivity index (χ3v) is 3.55. The summed E-state index contributed by atoms with van der Waals surface area (Å²) in [5.41, 5.74) is 4.03. The van der Waals surface area contributed by atoms with Gasteiger partial charge >= 0.3 is 0 Å². The molecule has 0 aliphatic carbocycles. The largest absolute Gasteiger partial charge is 0.396 e. The van der Waals surface area contributed by atoms with Crippen molar-refractivity contribution in [2.45, 2.75) is 31.2 Å². The molecule has 0 bridgehead atoms. The quantitative estimate of drug-likeness (QED) is 0.797. The van der Waals surface area contributed by atoms with Gasteiger partial charge in [-0.2, -0.15) is 0 Å². The highest BCUT2D eigenvalue weighted by molar-refractivity contribution is 7.89. The molecule has 0 saturated heterocycles. The molecular weight excluding hydrogens is 250 g/mol. The van der Waals surface area contributed by atoms with E-state index in [-0.39, 0.29) is 0 Å². The van der Waals surface area contributed by atoms with E-state index in [2.05, 4.69) is 4.72 Å². The molecule has 0 fully saturated rings. The van der Waals surface area contributed by atoms with E-state index < -0.39 is 37.8 Å². The molecule has 0 amide bonds. The number of nitrogen functional groups attached to an aromatic ring is 1. The summed E-state index contributed by atoms with van der Waals surface area (Å²) in [7, 11) is -4.06. The first-order valence-electron chi connectivity index (χ1n) is 4.81. The Hall–Kier alpha value is -1.21. The van der Waals surface area contributed by atoms with Crippen molar-refractivity contribution in [2.75, 3.05) is 5.73 Å². The average Bonchev–Trinajstić information content (AvgIpc) is 2.06. The molecule has 4 nitrogen and oxygen atoms in total. The lowest BCUT2D eigenvalue weighted by molar-refractivity contribution is 0.485. The van der Waals surface area contributed by atoms with Crippen LogP contribution in [0.15, 0.2) is 17.0 Å². The van der Waals surface area contributed by atoms with Crippen molar-refractivity contribution >= 4 is 15.7 Å². The fourth-order valence-electron chi connectivity index (χ4n) is 1.21. The van der Waals surface area contributed by atoms with Crippen LogP contribution in [0.3, 0.4) is 0 Å². The molecule has 96 valence electrons. The first-order valence-corrected chi connectivity index (χ1v) is 6.30. The van der Waals surface area contributed by atoms with Crippen molar-refractivity contribution in [3.63, 3.8) is 0 Å². The maximum absolute atomic E-state index is 13.4. The number of hydrogen-bond acceptors (Lipinski definition) is 3. The molecule has 0 aliphatic rings. The van der Waals surface area contributed by atoms with Crippen LogP contribution in [0.1, 0.15) is 20.8 Å². The smallest absolute Gasteiger partial charge is 0.244 e. The van der Waals surface area contributed by atoms with Gasteiger partial charge in [0.05, 0.1) is 5.69 Å². The summed E-state index contributed by atoms with van der Waals surface area (Å²) in [5.74, 6) is -2.16. The number of anilines is 1. The van der Waals surface area contributed by atoms with Crippen LogP contribution < -0.4 is 10.5 Å². The Morgan fingerprint density at radius 1 is 1.18 bits per heavy atom. The van der Waals surface area contributed by atoms with Crippen molar-refractivity contribution < 1.29 is 17.2 Å². The number of rotatable bonds is 2. The monoisotopic (exact) mass is 264 g/mol. The minimum absolute atomic E-state index is 0.416. The molecule has 0 heterocycles. The average molecular weight is 264 g/mol. The Morgan fingerprint density at radius 3 is 2.18 bits per heavy atom. The van der Waals surface area contributed by atoms with Crippen LogP contribution in [-0.2, 0) is 10.0 Å². The van der Waals surface area contributed by atoms with Gasteiger partial charge < -0.3 is 5.73 Å². The highest BCUT2D eigenvalue weighted by Crippen LogP contribution is 2.22. The van der Waals surface area contributed by atoms with E-state index in [0.29, 0.717) is 6.07 Å². The van der Waals surface area contributed by atoms with Gasteiger partial charge in [0.2, 0.25) is 10.0 Å². The molecule has 0 saturated carbocycles. The van der Waals surface area contributed by atoms with E-state index >= 15 is 0 Å². The molecule has 0 aromatic heterocycles. The standard InChI is InChI=1S/C10H14F2N2O2S/c1-10(2,3)14-17(15,16)9-5-8(13)6(11)4-7(9)12/h4-5,14H,13H2,1-3H3. The van der Waals surface area contributed by atoms with Crippen molar-refractivity contribution in [3.8, 4) is 0 Å². The molecule has 0 spiro atoms. The third-order valence-electron chi connectivity index (χ3n) is 1.78. The topological polar surface area (TPSA) is 72.2 Å². The predicted octanol–water partition coefficient (Wildman–Crippen LogP) is 1.62. The summed E-state index contributed by atoms with van der Waals surface area (Å²) in [5, 5.41) is 0. The highest BCUT2D eigenvalue weighted by Gasteiger charge is 2.26. The van der Waals surface area contributed by atoms with Crippen molar-refractivity contribution in [3.05, 3.63) is 23.8 Å². The van der Waals surface area contributed by atoms with Crippen LogP contribution in [0.2, 0.25) is 0 Å². The number of halogens is 2. The zero-order valence-corrected chi connectivity index (χ0v) is 10.5. The molecular formula is C10H14F2N2O2S. The lowest BCUT2D eigenvalue weighted by Crippen LogP contribution is -2.40. The Balaban J connectivity index is 3.30. The van der Waals surface area contributed by atoms with Crippen LogP contribution >= 0.6 is 0 Å². The number of nitrogens with one attached hydrogen (secondary N) is 1. The minimum Gasteiger partial charge on any atom is -0.396 e. The SMILES string of the molecule is CC(C)(C)NS(=O)(=O)c1cc(N)c(F)cc1F. The second-order valence-electron chi connectivity index (χ2n) is 4.66. The maximum atomic E-state index is 13.4. The zero-order chi connectivity index (χ0) is 13.4. The molecule has 1 rings (SSSR count). The van der Waals surface area contributed by atoms with Crippen LogP contribution in [0.25, 0.3) is 0 Å². The highest BCUT2D eigenvalue weighted by atomic mass is 32.2. The summed E-state index contributed by atoms with van der Waals surface area (Å²) < 4.78 is 52.2. The molecule has 0 radical (unpaired) electrons. The summed E-state index contributed by atoms with van der Waals surface area (Å²) in [4.78, 5) is -0.661. The molecule has 7 heteroatoms. The normalized spacial score (nSPS) is 12.8. The Kier molecular flexibility index (Phi) is 3.45. The molecule has 3 N–H and O–H groups in total. The van der Waals surface area contributed by atoms with Gasteiger partial charge in [0.1, 0.15) is 16.5 Å². The first kappa shape index (κ1) is 13.9. The van der Waals surface area contributed by atoms with Crippen molar-refractivity contribution in [1.29, 1.82) is 0 Å². The maximum Gasteiger partial charge on any atom is 0.244 e. The fraction of sp³-hybridized carbons (Fsp3) is 0.400. The van der Waals surface area contributed by atoms with Crippen LogP contribution in [0.4, 0.5) is 14.5 Å². The second kappa shape index (κ2) is 4.23. The Morgan fingerprint density at radius 2 is 1.71 bits per heavy atom. The molecule has 1 aromatic carbocycles. The number of hydrogen-bond donors (Lipinski definition) is 2. The van der Waals surface area contributed by atoms with Crippen LogP contribution in [0.5, 0.6) is 0 Å². The summed E-state index contributed by atoms with van der Waals surface area (Å²) in [6.07, 6.45) is 0. The van der Waals surface area contributed by atoms with Crippen LogP contribution in [0, 0.1) is 11.6 Å². The van der Waals surface area contributed by atoms with Gasteiger partial charge in [0.15, 0.2) is 0 Å². The number of sulfonamides is 1. The third kappa shape index (κ3) is 3.37. The predicted molar refractivity (Wildman–Crippen MR) is 60.8 cm³/mol. The molecule has 0 atom stereocenters. The Labute approximate surface area is 98.9 Å². The lowest BCUT2D eigenvalue weighted by atomic mass is 10.1. The van der Waals surface area contributed by atoms with E-state index in [1.54, 1.807) is 20.8 Å². The minimum atomic E-state index is -4.06. The van der Waals surface area contributed by atoms with Gasteiger partial charge in [-0.05, 0) is 26.8 Å². The lowest BCUT2D eigenvalue weighted by Gasteiger charge is -2.20. The van der Waals surface area contributed by atoms with E-state index in [9.17, 15) is 17.2 Å². The Bertz CT molecular complexity index is 536. The van der Waals surface area contributed by atoms with E-state index in [1.807, 2.05) is 0 Å². The first-order chi connectivity index (χ1) is 7.53. The summed E-state index contributed by atoms with van der Waals surface area (Å²) in [6.45, 7) is 4.82. The molecule has 0 unspecified atom stereocenters. The molecule has 17 heavy (non-hydrogen) atoms. The van der Waals surface area contributed by atoms with Crippen molar-refractivity contribution in [1.82, 2.24) is 4.72 Å².